The van der Waals surface area contributed by atoms with Crippen LogP contribution in [0.2, 0.25) is 0 Å². The molecule has 0 amide bonds. The molecule has 1 aliphatic rings. The molecule has 5 nitrogen and oxygen atoms in total. The topological polar surface area (TPSA) is 65.4 Å². The molecule has 3 rings (SSSR count). The third-order valence-corrected chi connectivity index (χ3v) is 3.51. The second-order valence-electron chi connectivity index (χ2n) is 4.78. The number of aromatic nitrogens is 3. The van der Waals surface area contributed by atoms with Crippen LogP contribution in [0.25, 0.3) is 5.65 Å². The monoisotopic (exact) mass is 286 g/mol. The van der Waals surface area contributed by atoms with Crippen molar-refractivity contribution in [3.05, 3.63) is 23.7 Å². The highest BCUT2D eigenvalue weighted by atomic mass is 19.4. The molecule has 8 heteroatoms. The van der Waals surface area contributed by atoms with Crippen LogP contribution in [-0.4, -0.2) is 27.8 Å². The van der Waals surface area contributed by atoms with Crippen molar-refractivity contribution in [1.82, 2.24) is 14.6 Å². The fourth-order valence-corrected chi connectivity index (χ4v) is 2.54. The highest BCUT2D eigenvalue weighted by Crippen LogP contribution is 2.35. The number of hydrogen-bond donors (Lipinski definition) is 1. The van der Waals surface area contributed by atoms with Gasteiger partial charge in [0.15, 0.2) is 5.65 Å². The SMILES string of the molecule is Nc1cnc2c(C(F)(F)F)cnn2c1C1CCOCC1. The predicted molar refractivity (Wildman–Crippen MR) is 65.2 cm³/mol. The summed E-state index contributed by atoms with van der Waals surface area (Å²) >= 11 is 0. The molecule has 1 aliphatic heterocycles. The second kappa shape index (κ2) is 4.62. The zero-order valence-electron chi connectivity index (χ0n) is 10.5. The highest BCUT2D eigenvalue weighted by molar-refractivity contribution is 5.55. The molecule has 0 atom stereocenters. The molecule has 0 saturated carbocycles. The molecule has 1 saturated heterocycles. The molecule has 0 radical (unpaired) electrons. The van der Waals surface area contributed by atoms with Gasteiger partial charge < -0.3 is 10.5 Å². The van der Waals surface area contributed by atoms with E-state index in [1.807, 2.05) is 0 Å². The predicted octanol–water partition coefficient (Wildman–Crippen LogP) is 2.22. The lowest BCUT2D eigenvalue weighted by Crippen LogP contribution is -2.19. The minimum atomic E-state index is -4.47. The normalized spacial score (nSPS) is 17.8. The first-order valence-corrected chi connectivity index (χ1v) is 6.25. The van der Waals surface area contributed by atoms with E-state index < -0.39 is 11.7 Å². The number of alkyl halides is 3. The summed E-state index contributed by atoms with van der Waals surface area (Å²) in [4.78, 5) is 3.79. The smallest absolute Gasteiger partial charge is 0.396 e. The van der Waals surface area contributed by atoms with Crippen molar-refractivity contribution in [1.29, 1.82) is 0 Å². The highest BCUT2D eigenvalue weighted by Gasteiger charge is 2.36. The van der Waals surface area contributed by atoms with E-state index in [1.54, 1.807) is 0 Å². The summed E-state index contributed by atoms with van der Waals surface area (Å²) in [6, 6.07) is 0. The summed E-state index contributed by atoms with van der Waals surface area (Å²) in [6.07, 6.45) is -0.978. The molecule has 20 heavy (non-hydrogen) atoms. The van der Waals surface area contributed by atoms with E-state index >= 15 is 0 Å². The Kier molecular flexibility index (Phi) is 3.04. The second-order valence-corrected chi connectivity index (χ2v) is 4.78. The Labute approximate surface area is 112 Å². The van der Waals surface area contributed by atoms with Gasteiger partial charge in [0.25, 0.3) is 0 Å². The first kappa shape index (κ1) is 13.2. The van der Waals surface area contributed by atoms with Gasteiger partial charge in [-0.25, -0.2) is 9.50 Å². The van der Waals surface area contributed by atoms with Gasteiger partial charge in [-0.15, -0.1) is 0 Å². The molecule has 0 unspecified atom stereocenters. The molecule has 2 aromatic rings. The van der Waals surface area contributed by atoms with Crippen LogP contribution in [0.15, 0.2) is 12.4 Å². The summed E-state index contributed by atoms with van der Waals surface area (Å²) in [5.41, 5.74) is 5.80. The third kappa shape index (κ3) is 2.09. The van der Waals surface area contributed by atoms with Crippen molar-refractivity contribution in [3.63, 3.8) is 0 Å². The first-order chi connectivity index (χ1) is 9.48. The third-order valence-electron chi connectivity index (χ3n) is 3.51. The molecule has 0 aliphatic carbocycles. The Balaban J connectivity index is 2.16. The van der Waals surface area contributed by atoms with Crippen LogP contribution in [-0.2, 0) is 10.9 Å². The van der Waals surface area contributed by atoms with Crippen molar-refractivity contribution < 1.29 is 17.9 Å². The Hall–Kier alpha value is -1.83. The molecule has 0 spiro atoms. The molecular weight excluding hydrogens is 273 g/mol. The number of halogens is 3. The Morgan fingerprint density at radius 3 is 2.60 bits per heavy atom. The molecule has 1 fully saturated rings. The van der Waals surface area contributed by atoms with Gasteiger partial charge in [0.2, 0.25) is 0 Å². The summed E-state index contributed by atoms with van der Waals surface area (Å²) in [6.45, 7) is 1.14. The summed E-state index contributed by atoms with van der Waals surface area (Å²) in [7, 11) is 0. The maximum atomic E-state index is 12.9. The Bertz CT molecular complexity index is 631. The quantitative estimate of drug-likeness (QED) is 0.873. The van der Waals surface area contributed by atoms with E-state index in [2.05, 4.69) is 10.1 Å². The maximum Gasteiger partial charge on any atom is 0.421 e. The van der Waals surface area contributed by atoms with E-state index in [4.69, 9.17) is 10.5 Å². The van der Waals surface area contributed by atoms with Crippen LogP contribution in [0.3, 0.4) is 0 Å². The van der Waals surface area contributed by atoms with E-state index in [-0.39, 0.29) is 11.6 Å². The van der Waals surface area contributed by atoms with Crippen molar-refractivity contribution in [2.24, 2.45) is 0 Å². The van der Waals surface area contributed by atoms with Crippen molar-refractivity contribution in [2.75, 3.05) is 18.9 Å². The van der Waals surface area contributed by atoms with Gasteiger partial charge in [-0.05, 0) is 12.8 Å². The minimum Gasteiger partial charge on any atom is -0.396 e. The Morgan fingerprint density at radius 1 is 1.25 bits per heavy atom. The van der Waals surface area contributed by atoms with Gasteiger partial charge in [-0.2, -0.15) is 18.3 Å². The number of hydrogen-bond acceptors (Lipinski definition) is 4. The molecule has 2 aromatic heterocycles. The zero-order chi connectivity index (χ0) is 14.3. The van der Waals surface area contributed by atoms with Crippen LogP contribution < -0.4 is 5.73 Å². The van der Waals surface area contributed by atoms with Gasteiger partial charge in [0.1, 0.15) is 5.56 Å². The largest absolute Gasteiger partial charge is 0.421 e. The van der Waals surface area contributed by atoms with Crippen LogP contribution in [0.4, 0.5) is 18.9 Å². The molecule has 2 N–H and O–H groups in total. The molecule has 108 valence electrons. The van der Waals surface area contributed by atoms with Gasteiger partial charge in [-0.1, -0.05) is 0 Å². The van der Waals surface area contributed by atoms with E-state index in [0.29, 0.717) is 37.4 Å². The lowest BCUT2D eigenvalue weighted by atomic mass is 9.95. The van der Waals surface area contributed by atoms with Gasteiger partial charge in [0.05, 0.1) is 23.8 Å². The standard InChI is InChI=1S/C12H13F3N4O/c13-12(14,15)8-5-18-19-10(7-1-3-20-4-2-7)9(16)6-17-11(8)19/h5-7H,1-4,16H2. The molecular formula is C12H13F3N4O. The van der Waals surface area contributed by atoms with Crippen molar-refractivity contribution >= 4 is 11.3 Å². The lowest BCUT2D eigenvalue weighted by molar-refractivity contribution is -0.136. The maximum absolute atomic E-state index is 12.9. The van der Waals surface area contributed by atoms with E-state index in [1.165, 1.54) is 10.7 Å². The number of nitrogens with two attached hydrogens (primary N) is 1. The summed E-state index contributed by atoms with van der Waals surface area (Å²) < 4.78 is 45.1. The van der Waals surface area contributed by atoms with Gasteiger partial charge >= 0.3 is 6.18 Å². The fraction of sp³-hybridized carbons (Fsp3) is 0.500. The zero-order valence-corrected chi connectivity index (χ0v) is 10.5. The van der Waals surface area contributed by atoms with Gasteiger partial charge in [0, 0.05) is 19.1 Å². The van der Waals surface area contributed by atoms with Crippen LogP contribution in [0.1, 0.15) is 30.0 Å². The summed E-state index contributed by atoms with van der Waals surface area (Å²) in [5, 5.41) is 3.83. The fourth-order valence-electron chi connectivity index (χ4n) is 2.54. The molecule has 3 heterocycles. The van der Waals surface area contributed by atoms with Crippen molar-refractivity contribution in [3.8, 4) is 0 Å². The van der Waals surface area contributed by atoms with E-state index in [9.17, 15) is 13.2 Å². The number of ether oxygens (including phenoxy) is 1. The van der Waals surface area contributed by atoms with E-state index in [0.717, 1.165) is 6.20 Å². The van der Waals surface area contributed by atoms with Crippen LogP contribution >= 0.6 is 0 Å². The van der Waals surface area contributed by atoms with Crippen LogP contribution in [0.5, 0.6) is 0 Å². The van der Waals surface area contributed by atoms with Crippen LogP contribution in [0, 0.1) is 0 Å². The number of fused-ring (bicyclic) bond motifs is 1. The molecule has 0 bridgehead atoms. The number of anilines is 1. The minimum absolute atomic E-state index is 0.0373. The number of nitrogen functional groups attached to an aromatic ring is 1. The number of nitrogens with zero attached hydrogens (tertiary/aromatic N) is 3. The average Bonchev–Trinajstić information content (AvgIpc) is 2.83. The molecule has 0 aromatic carbocycles. The lowest BCUT2D eigenvalue weighted by Gasteiger charge is -2.23. The number of rotatable bonds is 1. The average molecular weight is 286 g/mol. The first-order valence-electron chi connectivity index (χ1n) is 6.25. The summed E-state index contributed by atoms with van der Waals surface area (Å²) in [5.74, 6) is 0.0373. The van der Waals surface area contributed by atoms with Gasteiger partial charge in [-0.3, -0.25) is 0 Å². The Morgan fingerprint density at radius 2 is 1.95 bits per heavy atom. The van der Waals surface area contributed by atoms with Crippen molar-refractivity contribution in [2.45, 2.75) is 24.9 Å².